The van der Waals surface area contributed by atoms with Gasteiger partial charge in [-0.05, 0) is 19.1 Å². The Labute approximate surface area is 125 Å². The molecule has 1 N–H and O–H groups in total. The number of hydrogen-bond donors (Lipinski definition) is 1. The lowest BCUT2D eigenvalue weighted by Crippen LogP contribution is -2.31. The van der Waals surface area contributed by atoms with Gasteiger partial charge in [0, 0.05) is 42.0 Å². The van der Waals surface area contributed by atoms with E-state index in [0.717, 1.165) is 4.88 Å². The first-order valence-electron chi connectivity index (χ1n) is 6.55. The number of nitrogens with one attached hydrogen (secondary N) is 1. The molecule has 21 heavy (non-hydrogen) atoms. The van der Waals surface area contributed by atoms with Gasteiger partial charge in [-0.25, -0.2) is 4.79 Å². The van der Waals surface area contributed by atoms with Crippen LogP contribution in [0.4, 0.5) is 0 Å². The van der Waals surface area contributed by atoms with Crippen molar-refractivity contribution in [3.63, 3.8) is 0 Å². The van der Waals surface area contributed by atoms with Gasteiger partial charge in [0.2, 0.25) is 5.91 Å². The van der Waals surface area contributed by atoms with Crippen molar-refractivity contribution in [1.82, 2.24) is 14.5 Å². The van der Waals surface area contributed by atoms with E-state index in [2.05, 4.69) is 4.98 Å². The number of aromatic amines is 1. The lowest BCUT2D eigenvalue weighted by molar-refractivity contribution is -0.130. The Kier molecular flexibility index (Phi) is 4.74. The van der Waals surface area contributed by atoms with E-state index in [4.69, 9.17) is 0 Å². The molecule has 0 saturated carbocycles. The van der Waals surface area contributed by atoms with Gasteiger partial charge in [0.15, 0.2) is 0 Å². The van der Waals surface area contributed by atoms with Crippen molar-refractivity contribution in [3.8, 4) is 0 Å². The second-order valence-corrected chi connectivity index (χ2v) is 6.19. The Morgan fingerprint density at radius 2 is 2.10 bits per heavy atom. The minimum atomic E-state index is -0.494. The molecule has 0 saturated heterocycles. The summed E-state index contributed by atoms with van der Waals surface area (Å²) in [7, 11) is 1.74. The third-order valence-electron chi connectivity index (χ3n) is 3.08. The third kappa shape index (κ3) is 4.16. The van der Waals surface area contributed by atoms with Crippen LogP contribution in [0.1, 0.15) is 16.2 Å². The first-order chi connectivity index (χ1) is 9.95. The number of aromatic nitrogens is 2. The highest BCUT2D eigenvalue weighted by atomic mass is 32.1. The summed E-state index contributed by atoms with van der Waals surface area (Å²) < 4.78 is 1.32. The maximum absolute atomic E-state index is 12.0. The molecule has 1 amide bonds. The third-order valence-corrected chi connectivity index (χ3v) is 4.06. The molecule has 0 aliphatic rings. The maximum Gasteiger partial charge on any atom is 0.328 e. The largest absolute Gasteiger partial charge is 0.341 e. The van der Waals surface area contributed by atoms with Crippen molar-refractivity contribution in [1.29, 1.82) is 0 Å². The molecule has 2 aromatic heterocycles. The summed E-state index contributed by atoms with van der Waals surface area (Å²) in [5, 5.41) is 0. The van der Waals surface area contributed by atoms with Crippen LogP contribution in [0, 0.1) is 6.92 Å². The van der Waals surface area contributed by atoms with E-state index in [9.17, 15) is 14.4 Å². The molecule has 7 heteroatoms. The molecule has 0 atom stereocenters. The van der Waals surface area contributed by atoms with Crippen molar-refractivity contribution in [2.45, 2.75) is 26.4 Å². The zero-order valence-corrected chi connectivity index (χ0v) is 12.8. The summed E-state index contributed by atoms with van der Waals surface area (Å²) in [5.41, 5.74) is -0.931. The van der Waals surface area contributed by atoms with Crippen LogP contribution in [0.15, 0.2) is 34.0 Å². The molecule has 0 unspecified atom stereocenters. The van der Waals surface area contributed by atoms with Gasteiger partial charge in [-0.3, -0.25) is 14.6 Å². The second kappa shape index (κ2) is 6.53. The zero-order valence-electron chi connectivity index (χ0n) is 12.0. The van der Waals surface area contributed by atoms with Crippen LogP contribution < -0.4 is 11.2 Å². The zero-order chi connectivity index (χ0) is 15.4. The second-order valence-electron chi connectivity index (χ2n) is 4.82. The highest BCUT2D eigenvalue weighted by molar-refractivity contribution is 7.11. The summed E-state index contributed by atoms with van der Waals surface area (Å²) >= 11 is 1.66. The van der Waals surface area contributed by atoms with Crippen molar-refractivity contribution in [2.75, 3.05) is 7.05 Å². The van der Waals surface area contributed by atoms with Gasteiger partial charge in [-0.15, -0.1) is 11.3 Å². The Hall–Kier alpha value is -2.15. The molecule has 0 fully saturated rings. The molecule has 0 spiro atoms. The van der Waals surface area contributed by atoms with Crippen LogP contribution >= 0.6 is 11.3 Å². The summed E-state index contributed by atoms with van der Waals surface area (Å²) in [6.45, 7) is 2.85. The molecule has 0 bridgehead atoms. The average Bonchev–Trinajstić information content (AvgIpc) is 2.82. The summed E-state index contributed by atoms with van der Waals surface area (Å²) in [6, 6.07) is 5.30. The fourth-order valence-corrected chi connectivity index (χ4v) is 2.86. The number of thiophene rings is 1. The predicted octanol–water partition coefficient (Wildman–Crippen LogP) is 0.955. The maximum atomic E-state index is 12.0. The van der Waals surface area contributed by atoms with E-state index in [-0.39, 0.29) is 18.9 Å². The van der Waals surface area contributed by atoms with Gasteiger partial charge < -0.3 is 9.47 Å². The van der Waals surface area contributed by atoms with Crippen molar-refractivity contribution >= 4 is 17.2 Å². The number of carbonyl (C=O) groups excluding carboxylic acids is 1. The quantitative estimate of drug-likeness (QED) is 0.894. The minimum Gasteiger partial charge on any atom is -0.341 e. The number of carbonyl (C=O) groups is 1. The van der Waals surface area contributed by atoms with Crippen LogP contribution in [-0.2, 0) is 17.9 Å². The summed E-state index contributed by atoms with van der Waals surface area (Å²) in [6.07, 6.45) is 1.61. The first-order valence-corrected chi connectivity index (χ1v) is 7.36. The molecular formula is C14H17N3O3S. The molecule has 2 aromatic rings. The van der Waals surface area contributed by atoms with Gasteiger partial charge in [0.05, 0.1) is 6.54 Å². The summed E-state index contributed by atoms with van der Waals surface area (Å²) in [5.74, 6) is -0.0425. The Bertz CT molecular complexity index is 744. The Morgan fingerprint density at radius 1 is 1.33 bits per heavy atom. The fraction of sp³-hybridized carbons (Fsp3) is 0.357. The monoisotopic (exact) mass is 307 g/mol. The molecular weight excluding hydrogens is 290 g/mol. The number of rotatable bonds is 5. The number of hydrogen-bond acceptors (Lipinski definition) is 4. The van der Waals surface area contributed by atoms with E-state index in [1.165, 1.54) is 21.7 Å². The highest BCUT2D eigenvalue weighted by Gasteiger charge is 2.10. The van der Waals surface area contributed by atoms with Crippen LogP contribution in [0.5, 0.6) is 0 Å². The molecule has 0 radical (unpaired) electrons. The average molecular weight is 307 g/mol. The van der Waals surface area contributed by atoms with Gasteiger partial charge in [0.1, 0.15) is 0 Å². The molecule has 0 aliphatic heterocycles. The number of amides is 1. The van der Waals surface area contributed by atoms with E-state index < -0.39 is 11.2 Å². The molecule has 112 valence electrons. The first kappa shape index (κ1) is 15.2. The molecule has 6 nitrogen and oxygen atoms in total. The number of H-pyrrole nitrogens is 1. The van der Waals surface area contributed by atoms with Crippen molar-refractivity contribution < 1.29 is 4.79 Å². The van der Waals surface area contributed by atoms with Crippen LogP contribution in [0.2, 0.25) is 0 Å². The van der Waals surface area contributed by atoms with E-state index in [1.807, 2.05) is 19.1 Å². The van der Waals surface area contributed by atoms with E-state index in [1.54, 1.807) is 23.3 Å². The predicted molar refractivity (Wildman–Crippen MR) is 81.5 cm³/mol. The van der Waals surface area contributed by atoms with Gasteiger partial charge >= 0.3 is 5.69 Å². The lowest BCUT2D eigenvalue weighted by Gasteiger charge is -2.16. The smallest absolute Gasteiger partial charge is 0.328 e. The van der Waals surface area contributed by atoms with Crippen LogP contribution in [-0.4, -0.2) is 27.4 Å². The van der Waals surface area contributed by atoms with Gasteiger partial charge in [-0.2, -0.15) is 0 Å². The van der Waals surface area contributed by atoms with E-state index in [0.29, 0.717) is 6.54 Å². The molecule has 2 rings (SSSR count). The molecule has 2 heterocycles. The number of nitrogens with zero attached hydrogens (tertiary/aromatic N) is 2. The lowest BCUT2D eigenvalue weighted by atomic mass is 10.3. The van der Waals surface area contributed by atoms with Crippen LogP contribution in [0.25, 0.3) is 0 Å². The number of aryl methyl sites for hydroxylation is 2. The van der Waals surface area contributed by atoms with Crippen molar-refractivity contribution in [3.05, 3.63) is 55.0 Å². The minimum absolute atomic E-state index is 0.0425. The molecule has 0 aliphatic carbocycles. The SMILES string of the molecule is Cc1ccc(CN(C)C(=O)CCn2ccc(=O)[nH]c2=O)s1. The standard InChI is InChI=1S/C14H17N3O3S/c1-10-3-4-11(21-10)9-16(2)13(19)6-8-17-7-5-12(18)15-14(17)20/h3-5,7H,6,8-9H2,1-2H3,(H,15,18,20). The van der Waals surface area contributed by atoms with Gasteiger partial charge in [0.25, 0.3) is 5.56 Å². The normalized spacial score (nSPS) is 10.6. The Morgan fingerprint density at radius 3 is 2.71 bits per heavy atom. The Balaban J connectivity index is 1.92. The highest BCUT2D eigenvalue weighted by Crippen LogP contribution is 2.16. The molecule has 0 aromatic carbocycles. The van der Waals surface area contributed by atoms with E-state index >= 15 is 0 Å². The van der Waals surface area contributed by atoms with Gasteiger partial charge in [-0.1, -0.05) is 0 Å². The van der Waals surface area contributed by atoms with Crippen LogP contribution in [0.3, 0.4) is 0 Å². The van der Waals surface area contributed by atoms with Crippen molar-refractivity contribution in [2.24, 2.45) is 0 Å². The topological polar surface area (TPSA) is 75.2 Å². The summed E-state index contributed by atoms with van der Waals surface area (Å²) in [4.78, 5) is 40.6. The fourth-order valence-electron chi connectivity index (χ4n) is 1.92.